The predicted octanol–water partition coefficient (Wildman–Crippen LogP) is 3.63. The molecule has 0 aliphatic heterocycles. The molecule has 21 heavy (non-hydrogen) atoms. The molecule has 0 aliphatic rings. The van der Waals surface area contributed by atoms with Crippen molar-refractivity contribution >= 4 is 28.7 Å². The first-order chi connectivity index (χ1) is 10.1. The van der Waals surface area contributed by atoms with E-state index in [1.165, 1.54) is 11.1 Å². The van der Waals surface area contributed by atoms with Crippen LogP contribution in [0.15, 0.2) is 42.5 Å². The molecule has 0 fully saturated rings. The van der Waals surface area contributed by atoms with E-state index in [0.29, 0.717) is 5.11 Å². The van der Waals surface area contributed by atoms with E-state index >= 15 is 0 Å². The zero-order chi connectivity index (χ0) is 15.2. The average molecular weight is 301 g/mol. The summed E-state index contributed by atoms with van der Waals surface area (Å²) in [5.74, 6) is 0.782. The average Bonchev–Trinajstić information content (AvgIpc) is 2.44. The number of hydrogen-bond donors (Lipinski definition) is 3. The predicted molar refractivity (Wildman–Crippen MR) is 91.9 cm³/mol. The Balaban J connectivity index is 1.92. The van der Waals surface area contributed by atoms with Gasteiger partial charge in [0.15, 0.2) is 5.11 Å². The van der Waals surface area contributed by atoms with E-state index in [2.05, 4.69) is 36.1 Å². The standard InChI is InChI=1S/C16H19N3OS/c1-11-7-12(2)9-14(8-11)18-19-16(21)17-13-5-4-6-15(10-13)20-3/h4-10,18H,1-3H3,(H2,17,19,21). The summed E-state index contributed by atoms with van der Waals surface area (Å²) in [7, 11) is 1.64. The van der Waals surface area contributed by atoms with Crippen LogP contribution in [0.3, 0.4) is 0 Å². The second kappa shape index (κ2) is 6.95. The summed E-state index contributed by atoms with van der Waals surface area (Å²) in [5, 5.41) is 3.58. The van der Waals surface area contributed by atoms with Gasteiger partial charge in [0.2, 0.25) is 0 Å². The number of thiocarbonyl (C=S) groups is 1. The highest BCUT2D eigenvalue weighted by Gasteiger charge is 2.00. The minimum atomic E-state index is 0.488. The lowest BCUT2D eigenvalue weighted by Gasteiger charge is -2.14. The van der Waals surface area contributed by atoms with Crippen LogP contribution in [0, 0.1) is 13.8 Å². The topological polar surface area (TPSA) is 45.3 Å². The van der Waals surface area contributed by atoms with E-state index in [0.717, 1.165) is 17.1 Å². The third-order valence-corrected chi connectivity index (χ3v) is 3.07. The minimum absolute atomic E-state index is 0.488. The number of hydrogen-bond acceptors (Lipinski definition) is 3. The minimum Gasteiger partial charge on any atom is -0.497 e. The van der Waals surface area contributed by atoms with Crippen LogP contribution < -0.4 is 20.9 Å². The molecule has 0 bridgehead atoms. The number of anilines is 2. The van der Waals surface area contributed by atoms with Crippen molar-refractivity contribution in [2.75, 3.05) is 17.9 Å². The summed E-state index contributed by atoms with van der Waals surface area (Å²) in [6.07, 6.45) is 0. The highest BCUT2D eigenvalue weighted by Crippen LogP contribution is 2.16. The lowest BCUT2D eigenvalue weighted by molar-refractivity contribution is 0.415. The van der Waals surface area contributed by atoms with E-state index in [9.17, 15) is 0 Å². The zero-order valence-electron chi connectivity index (χ0n) is 12.4. The van der Waals surface area contributed by atoms with Gasteiger partial charge in [-0.1, -0.05) is 12.1 Å². The Labute approximate surface area is 130 Å². The Hall–Kier alpha value is -2.27. The summed E-state index contributed by atoms with van der Waals surface area (Å²) < 4.78 is 5.17. The summed E-state index contributed by atoms with van der Waals surface area (Å²) in [4.78, 5) is 0. The van der Waals surface area contributed by atoms with Crippen LogP contribution in [-0.2, 0) is 0 Å². The summed E-state index contributed by atoms with van der Waals surface area (Å²) in [6.45, 7) is 4.12. The summed E-state index contributed by atoms with van der Waals surface area (Å²) >= 11 is 5.25. The van der Waals surface area contributed by atoms with Gasteiger partial charge < -0.3 is 10.1 Å². The zero-order valence-corrected chi connectivity index (χ0v) is 13.2. The van der Waals surface area contributed by atoms with Gasteiger partial charge in [-0.25, -0.2) is 0 Å². The van der Waals surface area contributed by atoms with Crippen LogP contribution in [0.2, 0.25) is 0 Å². The van der Waals surface area contributed by atoms with Crippen molar-refractivity contribution in [3.05, 3.63) is 53.6 Å². The third-order valence-electron chi connectivity index (χ3n) is 2.87. The lowest BCUT2D eigenvalue weighted by atomic mass is 10.1. The Kier molecular flexibility index (Phi) is 5.00. The number of rotatable bonds is 4. The molecule has 0 spiro atoms. The van der Waals surface area contributed by atoms with E-state index in [1.54, 1.807) is 7.11 Å². The van der Waals surface area contributed by atoms with Gasteiger partial charge in [-0.2, -0.15) is 0 Å². The molecule has 2 rings (SSSR count). The molecule has 0 unspecified atom stereocenters. The fourth-order valence-electron chi connectivity index (χ4n) is 2.04. The maximum atomic E-state index is 5.25. The lowest BCUT2D eigenvalue weighted by Crippen LogP contribution is -2.33. The largest absolute Gasteiger partial charge is 0.497 e. The number of hydrazine groups is 1. The van der Waals surface area contributed by atoms with Gasteiger partial charge in [-0.15, -0.1) is 0 Å². The van der Waals surface area contributed by atoms with Crippen molar-refractivity contribution in [2.24, 2.45) is 0 Å². The first-order valence-electron chi connectivity index (χ1n) is 6.62. The van der Waals surface area contributed by atoms with Crippen LogP contribution in [0.1, 0.15) is 11.1 Å². The molecular formula is C16H19N3OS. The number of nitrogens with one attached hydrogen (secondary N) is 3. The smallest absolute Gasteiger partial charge is 0.189 e. The fourth-order valence-corrected chi connectivity index (χ4v) is 2.21. The van der Waals surface area contributed by atoms with Gasteiger partial charge in [-0.05, 0) is 61.5 Å². The van der Waals surface area contributed by atoms with E-state index in [-0.39, 0.29) is 0 Å². The molecule has 0 radical (unpaired) electrons. The second-order valence-electron chi connectivity index (χ2n) is 4.81. The van der Waals surface area contributed by atoms with Gasteiger partial charge >= 0.3 is 0 Å². The molecule has 0 amide bonds. The molecule has 0 aromatic heterocycles. The van der Waals surface area contributed by atoms with Crippen molar-refractivity contribution in [2.45, 2.75) is 13.8 Å². The molecule has 0 saturated heterocycles. The quantitative estimate of drug-likeness (QED) is 0.594. The van der Waals surface area contributed by atoms with E-state index in [4.69, 9.17) is 17.0 Å². The molecule has 5 heteroatoms. The Morgan fingerprint density at radius 1 is 1.00 bits per heavy atom. The van der Waals surface area contributed by atoms with Crippen LogP contribution in [0.5, 0.6) is 5.75 Å². The number of aryl methyl sites for hydroxylation is 2. The van der Waals surface area contributed by atoms with Gasteiger partial charge in [0, 0.05) is 11.8 Å². The molecule has 0 saturated carbocycles. The summed E-state index contributed by atoms with van der Waals surface area (Å²) in [5.41, 5.74) is 10.3. The molecule has 110 valence electrons. The fraction of sp³-hybridized carbons (Fsp3) is 0.188. The molecule has 4 nitrogen and oxygen atoms in total. The molecule has 0 atom stereocenters. The van der Waals surface area contributed by atoms with E-state index < -0.39 is 0 Å². The third kappa shape index (κ3) is 4.65. The Bertz CT molecular complexity index is 623. The molecule has 2 aromatic rings. The van der Waals surface area contributed by atoms with Crippen molar-refractivity contribution in [1.82, 2.24) is 5.43 Å². The molecule has 3 N–H and O–H groups in total. The molecule has 0 heterocycles. The van der Waals surface area contributed by atoms with Crippen molar-refractivity contribution in [1.29, 1.82) is 0 Å². The SMILES string of the molecule is COc1cccc(NC(=S)NNc2cc(C)cc(C)c2)c1. The first-order valence-corrected chi connectivity index (χ1v) is 7.03. The summed E-state index contributed by atoms with van der Waals surface area (Å²) in [6, 6.07) is 13.8. The highest BCUT2D eigenvalue weighted by atomic mass is 32.1. The van der Waals surface area contributed by atoms with Crippen LogP contribution in [0.4, 0.5) is 11.4 Å². The molecule has 2 aromatic carbocycles. The highest BCUT2D eigenvalue weighted by molar-refractivity contribution is 7.80. The normalized spacial score (nSPS) is 9.86. The number of methoxy groups -OCH3 is 1. The first kappa shape index (κ1) is 15.1. The number of ether oxygens (including phenoxy) is 1. The van der Waals surface area contributed by atoms with Crippen LogP contribution >= 0.6 is 12.2 Å². The van der Waals surface area contributed by atoms with Crippen LogP contribution in [-0.4, -0.2) is 12.2 Å². The van der Waals surface area contributed by atoms with Crippen molar-refractivity contribution in [3.8, 4) is 5.75 Å². The van der Waals surface area contributed by atoms with Crippen molar-refractivity contribution in [3.63, 3.8) is 0 Å². The Morgan fingerprint density at radius 3 is 2.38 bits per heavy atom. The maximum absolute atomic E-state index is 5.25. The monoisotopic (exact) mass is 301 g/mol. The van der Waals surface area contributed by atoms with Gasteiger partial charge in [0.05, 0.1) is 12.8 Å². The van der Waals surface area contributed by atoms with Crippen molar-refractivity contribution < 1.29 is 4.74 Å². The van der Waals surface area contributed by atoms with Gasteiger partial charge in [0.1, 0.15) is 5.75 Å². The van der Waals surface area contributed by atoms with Crippen LogP contribution in [0.25, 0.3) is 0 Å². The van der Waals surface area contributed by atoms with Gasteiger partial charge in [0.25, 0.3) is 0 Å². The number of benzene rings is 2. The second-order valence-corrected chi connectivity index (χ2v) is 5.22. The Morgan fingerprint density at radius 2 is 1.71 bits per heavy atom. The molecular weight excluding hydrogens is 282 g/mol. The van der Waals surface area contributed by atoms with Gasteiger partial charge in [-0.3, -0.25) is 10.9 Å². The van der Waals surface area contributed by atoms with E-state index in [1.807, 2.05) is 36.4 Å². The molecule has 0 aliphatic carbocycles. The maximum Gasteiger partial charge on any atom is 0.189 e.